The molecule has 0 aromatic heterocycles. The molecule has 2 N–H and O–H groups in total. The van der Waals surface area contributed by atoms with Crippen LogP contribution in [-0.4, -0.2) is 12.6 Å². The molecule has 0 bridgehead atoms. The molecular formula is C16H26N2. The molecule has 1 fully saturated rings. The number of anilines is 1. The van der Waals surface area contributed by atoms with Crippen molar-refractivity contribution in [2.45, 2.75) is 58.0 Å². The Kier molecular flexibility index (Phi) is 4.65. The van der Waals surface area contributed by atoms with Crippen LogP contribution in [-0.2, 0) is 0 Å². The first kappa shape index (κ1) is 13.4. The van der Waals surface area contributed by atoms with Gasteiger partial charge in [-0.1, -0.05) is 31.5 Å². The molecule has 0 amide bonds. The molecule has 18 heavy (non-hydrogen) atoms. The summed E-state index contributed by atoms with van der Waals surface area (Å²) in [5.74, 6) is 0. The Morgan fingerprint density at radius 2 is 2.11 bits per heavy atom. The number of benzene rings is 1. The molecule has 2 heteroatoms. The van der Waals surface area contributed by atoms with Crippen LogP contribution in [0.25, 0.3) is 0 Å². The average molecular weight is 246 g/mol. The lowest BCUT2D eigenvalue weighted by Gasteiger charge is -2.39. The molecule has 0 saturated carbocycles. The Labute approximate surface area is 111 Å². The van der Waals surface area contributed by atoms with E-state index in [1.165, 1.54) is 49.9 Å². The summed E-state index contributed by atoms with van der Waals surface area (Å²) in [7, 11) is 0. The van der Waals surface area contributed by atoms with Gasteiger partial charge in [-0.05, 0) is 44.2 Å². The third-order valence-electron chi connectivity index (χ3n) is 3.99. The fourth-order valence-corrected chi connectivity index (χ4v) is 3.09. The van der Waals surface area contributed by atoms with Gasteiger partial charge in [0.05, 0.1) is 0 Å². The molecule has 100 valence electrons. The molecule has 1 aliphatic heterocycles. The van der Waals surface area contributed by atoms with Crippen molar-refractivity contribution in [3.63, 3.8) is 0 Å². The number of nitrogens with two attached hydrogens (primary N) is 1. The van der Waals surface area contributed by atoms with E-state index < -0.39 is 0 Å². The van der Waals surface area contributed by atoms with Crippen LogP contribution in [0, 0.1) is 0 Å². The Bertz CT molecular complexity index is 371. The minimum absolute atomic E-state index is 0.116. The zero-order valence-corrected chi connectivity index (χ0v) is 11.7. The fourth-order valence-electron chi connectivity index (χ4n) is 3.09. The van der Waals surface area contributed by atoms with Gasteiger partial charge in [-0.15, -0.1) is 0 Å². The topological polar surface area (TPSA) is 29.3 Å². The molecule has 2 atom stereocenters. The quantitative estimate of drug-likeness (QED) is 0.874. The molecule has 2 nitrogen and oxygen atoms in total. The first-order chi connectivity index (χ1) is 8.74. The van der Waals surface area contributed by atoms with Gasteiger partial charge in [0.1, 0.15) is 0 Å². The molecule has 1 unspecified atom stereocenters. The smallest absolute Gasteiger partial charge is 0.0417 e. The second-order valence-corrected chi connectivity index (χ2v) is 5.48. The van der Waals surface area contributed by atoms with Crippen molar-refractivity contribution in [3.8, 4) is 0 Å². The monoisotopic (exact) mass is 246 g/mol. The predicted molar refractivity (Wildman–Crippen MR) is 78.9 cm³/mol. The van der Waals surface area contributed by atoms with Gasteiger partial charge in [-0.3, -0.25) is 0 Å². The molecule has 1 aliphatic rings. The van der Waals surface area contributed by atoms with E-state index >= 15 is 0 Å². The van der Waals surface area contributed by atoms with E-state index in [2.05, 4.69) is 43.0 Å². The predicted octanol–water partition coefficient (Wildman–Crippen LogP) is 3.87. The van der Waals surface area contributed by atoms with Crippen molar-refractivity contribution >= 4 is 5.69 Å². The summed E-state index contributed by atoms with van der Waals surface area (Å²) in [6.45, 7) is 5.55. The standard InChI is InChI=1S/C16H26N2/c1-3-8-14-9-6-7-12-18(14)16-11-5-4-10-15(16)13(2)17/h4-5,10-11,13-14H,3,6-9,12,17H2,1-2H3/t13-,14?/m1/s1. The van der Waals surface area contributed by atoms with Crippen LogP contribution in [0.5, 0.6) is 0 Å². The molecule has 1 aromatic rings. The maximum absolute atomic E-state index is 6.11. The Morgan fingerprint density at radius 1 is 1.33 bits per heavy atom. The largest absolute Gasteiger partial charge is 0.368 e. The normalized spacial score (nSPS) is 21.9. The van der Waals surface area contributed by atoms with Crippen molar-refractivity contribution in [3.05, 3.63) is 29.8 Å². The van der Waals surface area contributed by atoms with Gasteiger partial charge in [-0.2, -0.15) is 0 Å². The van der Waals surface area contributed by atoms with E-state index in [0.29, 0.717) is 6.04 Å². The summed E-state index contributed by atoms with van der Waals surface area (Å²) in [6, 6.07) is 9.48. The van der Waals surface area contributed by atoms with Gasteiger partial charge in [0.2, 0.25) is 0 Å². The molecule has 0 aliphatic carbocycles. The van der Waals surface area contributed by atoms with Crippen LogP contribution < -0.4 is 10.6 Å². The number of piperidine rings is 1. The fraction of sp³-hybridized carbons (Fsp3) is 0.625. The molecular weight excluding hydrogens is 220 g/mol. The van der Waals surface area contributed by atoms with Crippen LogP contribution in [0.15, 0.2) is 24.3 Å². The molecule has 0 radical (unpaired) electrons. The van der Waals surface area contributed by atoms with E-state index in [1.807, 2.05) is 0 Å². The zero-order valence-electron chi connectivity index (χ0n) is 11.7. The average Bonchev–Trinajstić information content (AvgIpc) is 2.40. The molecule has 1 heterocycles. The number of rotatable bonds is 4. The van der Waals surface area contributed by atoms with Crippen LogP contribution >= 0.6 is 0 Å². The van der Waals surface area contributed by atoms with E-state index in [1.54, 1.807) is 0 Å². The van der Waals surface area contributed by atoms with E-state index in [0.717, 1.165) is 0 Å². The minimum atomic E-state index is 0.116. The van der Waals surface area contributed by atoms with Gasteiger partial charge in [0, 0.05) is 24.3 Å². The second kappa shape index (κ2) is 6.24. The third-order valence-corrected chi connectivity index (χ3v) is 3.99. The molecule has 2 rings (SSSR count). The van der Waals surface area contributed by atoms with E-state index in [4.69, 9.17) is 5.73 Å². The Balaban J connectivity index is 2.27. The summed E-state index contributed by atoms with van der Waals surface area (Å²) in [5.41, 5.74) is 8.77. The van der Waals surface area contributed by atoms with E-state index in [-0.39, 0.29) is 6.04 Å². The summed E-state index contributed by atoms with van der Waals surface area (Å²) in [5, 5.41) is 0. The van der Waals surface area contributed by atoms with Crippen molar-refractivity contribution < 1.29 is 0 Å². The van der Waals surface area contributed by atoms with Crippen LogP contribution in [0.4, 0.5) is 5.69 Å². The van der Waals surface area contributed by atoms with Gasteiger partial charge in [0.15, 0.2) is 0 Å². The van der Waals surface area contributed by atoms with Crippen LogP contribution in [0.2, 0.25) is 0 Å². The molecule has 0 spiro atoms. The first-order valence-corrected chi connectivity index (χ1v) is 7.35. The molecule has 1 aromatic carbocycles. The van der Waals surface area contributed by atoms with Crippen molar-refractivity contribution in [1.29, 1.82) is 0 Å². The van der Waals surface area contributed by atoms with Gasteiger partial charge in [-0.25, -0.2) is 0 Å². The number of hydrogen-bond acceptors (Lipinski definition) is 2. The van der Waals surface area contributed by atoms with Crippen LogP contribution in [0.1, 0.15) is 57.6 Å². The highest BCUT2D eigenvalue weighted by molar-refractivity contribution is 5.56. The highest BCUT2D eigenvalue weighted by Crippen LogP contribution is 2.32. The number of hydrogen-bond donors (Lipinski definition) is 1. The number of nitrogens with zero attached hydrogens (tertiary/aromatic N) is 1. The zero-order chi connectivity index (χ0) is 13.0. The Hall–Kier alpha value is -1.02. The third kappa shape index (κ3) is 2.86. The summed E-state index contributed by atoms with van der Waals surface area (Å²) in [6.07, 6.45) is 6.59. The summed E-state index contributed by atoms with van der Waals surface area (Å²) in [4.78, 5) is 2.60. The lowest BCUT2D eigenvalue weighted by molar-refractivity contribution is 0.433. The second-order valence-electron chi connectivity index (χ2n) is 5.48. The minimum Gasteiger partial charge on any atom is -0.368 e. The highest BCUT2D eigenvalue weighted by Gasteiger charge is 2.23. The van der Waals surface area contributed by atoms with Gasteiger partial charge < -0.3 is 10.6 Å². The highest BCUT2D eigenvalue weighted by atomic mass is 15.2. The van der Waals surface area contributed by atoms with Crippen molar-refractivity contribution in [1.82, 2.24) is 0 Å². The van der Waals surface area contributed by atoms with Crippen molar-refractivity contribution in [2.75, 3.05) is 11.4 Å². The SMILES string of the molecule is CCCC1CCCCN1c1ccccc1[C@@H](C)N. The Morgan fingerprint density at radius 3 is 2.83 bits per heavy atom. The van der Waals surface area contributed by atoms with E-state index in [9.17, 15) is 0 Å². The van der Waals surface area contributed by atoms with Gasteiger partial charge >= 0.3 is 0 Å². The molecule has 1 saturated heterocycles. The maximum Gasteiger partial charge on any atom is 0.0417 e. The lowest BCUT2D eigenvalue weighted by Crippen LogP contribution is -2.40. The van der Waals surface area contributed by atoms with Gasteiger partial charge in [0.25, 0.3) is 0 Å². The number of para-hydroxylation sites is 1. The lowest BCUT2D eigenvalue weighted by atomic mass is 9.95. The first-order valence-electron chi connectivity index (χ1n) is 7.35. The van der Waals surface area contributed by atoms with Crippen LogP contribution in [0.3, 0.4) is 0 Å². The maximum atomic E-state index is 6.11. The summed E-state index contributed by atoms with van der Waals surface area (Å²) < 4.78 is 0. The summed E-state index contributed by atoms with van der Waals surface area (Å²) >= 11 is 0. The van der Waals surface area contributed by atoms with Crippen molar-refractivity contribution in [2.24, 2.45) is 5.73 Å².